The van der Waals surface area contributed by atoms with Gasteiger partial charge in [0.1, 0.15) is 5.82 Å². The molecule has 6 heteroatoms. The summed E-state index contributed by atoms with van der Waals surface area (Å²) in [6.45, 7) is 3.54. The summed E-state index contributed by atoms with van der Waals surface area (Å²) in [5.74, 6) is 1.47. The Morgan fingerprint density at radius 1 is 1.41 bits per heavy atom. The van der Waals surface area contributed by atoms with Gasteiger partial charge in [-0.1, -0.05) is 6.58 Å². The fourth-order valence-corrected chi connectivity index (χ4v) is 3.96. The molecule has 3 rings (SSSR count). The average molecular weight is 336 g/mol. The second-order valence-electron chi connectivity index (χ2n) is 5.71. The molecule has 1 aliphatic rings. The number of thiophene rings is 1. The van der Waals surface area contributed by atoms with E-state index in [0.717, 1.165) is 41.7 Å². The maximum atomic E-state index is 11.4. The maximum Gasteiger partial charge on any atom is 0.224 e. The van der Waals surface area contributed by atoms with Gasteiger partial charge >= 0.3 is 0 Å². The second kappa shape index (κ2) is 6.75. The molecule has 0 aliphatic heterocycles. The predicted molar refractivity (Wildman–Crippen MR) is 91.6 cm³/mol. The molecule has 1 fully saturated rings. The van der Waals surface area contributed by atoms with Crippen LogP contribution in [0.2, 0.25) is 5.28 Å². The first-order chi connectivity index (χ1) is 10.7. The minimum atomic E-state index is 0.152. The number of hydrogen-bond acceptors (Lipinski definition) is 5. The Kier molecular flexibility index (Phi) is 4.74. The van der Waals surface area contributed by atoms with E-state index in [-0.39, 0.29) is 11.1 Å². The van der Waals surface area contributed by atoms with E-state index in [9.17, 15) is 4.79 Å². The van der Waals surface area contributed by atoms with Crippen LogP contribution >= 0.6 is 22.9 Å². The molecular formula is C16H18ClN3OS. The van der Waals surface area contributed by atoms with Crippen LogP contribution < -0.4 is 5.32 Å². The number of anilines is 1. The van der Waals surface area contributed by atoms with Crippen molar-refractivity contribution < 1.29 is 4.79 Å². The van der Waals surface area contributed by atoms with Gasteiger partial charge in [0.2, 0.25) is 5.28 Å². The number of nitrogens with one attached hydrogen (secondary N) is 1. The molecule has 2 aromatic heterocycles. The molecule has 1 aliphatic carbocycles. The number of fused-ring (bicyclic) bond motifs is 1. The van der Waals surface area contributed by atoms with E-state index >= 15 is 0 Å². The van der Waals surface area contributed by atoms with Crippen molar-refractivity contribution in [2.45, 2.75) is 38.1 Å². The summed E-state index contributed by atoms with van der Waals surface area (Å²) < 4.78 is 1.05. The molecule has 0 saturated heterocycles. The van der Waals surface area contributed by atoms with Gasteiger partial charge in [-0.05, 0) is 60.7 Å². The Hall–Kier alpha value is -1.46. The van der Waals surface area contributed by atoms with Gasteiger partial charge in [0.05, 0.1) is 10.2 Å². The molecule has 0 atom stereocenters. The monoisotopic (exact) mass is 335 g/mol. The predicted octanol–water partition coefficient (Wildman–Crippen LogP) is 4.46. The van der Waals surface area contributed by atoms with Gasteiger partial charge < -0.3 is 5.32 Å². The lowest BCUT2D eigenvalue weighted by atomic mass is 9.83. The number of rotatable bonds is 5. The van der Waals surface area contributed by atoms with Crippen molar-refractivity contribution in [1.82, 2.24) is 9.97 Å². The lowest BCUT2D eigenvalue weighted by molar-refractivity contribution is -0.115. The lowest BCUT2D eigenvalue weighted by Gasteiger charge is -2.29. The molecule has 1 saturated carbocycles. The molecule has 1 N–H and O–H groups in total. The Balaban J connectivity index is 1.63. The van der Waals surface area contributed by atoms with Gasteiger partial charge in [-0.2, -0.15) is 4.98 Å². The SMILES string of the molecule is C=CC(=O)CC1CCC(Nc2nc(Cl)nc3ccsc23)CC1. The zero-order valence-electron chi connectivity index (χ0n) is 12.2. The van der Waals surface area contributed by atoms with E-state index in [0.29, 0.717) is 18.4 Å². The third-order valence-corrected chi connectivity index (χ3v) is 5.26. The quantitative estimate of drug-likeness (QED) is 0.647. The number of carbonyl (C=O) groups excluding carboxylic acids is 1. The largest absolute Gasteiger partial charge is 0.366 e. The van der Waals surface area contributed by atoms with E-state index in [1.165, 1.54) is 6.08 Å². The van der Waals surface area contributed by atoms with E-state index in [2.05, 4.69) is 21.9 Å². The molecule has 0 unspecified atom stereocenters. The Bertz CT molecular complexity index is 692. The summed E-state index contributed by atoms with van der Waals surface area (Å²) in [5.41, 5.74) is 0.887. The van der Waals surface area contributed by atoms with Crippen molar-refractivity contribution in [2.75, 3.05) is 5.32 Å². The number of aromatic nitrogens is 2. The summed E-state index contributed by atoms with van der Waals surface area (Å²) in [7, 11) is 0. The van der Waals surface area contributed by atoms with Gasteiger partial charge in [0.25, 0.3) is 0 Å². The van der Waals surface area contributed by atoms with Crippen LogP contribution in [0.25, 0.3) is 10.2 Å². The number of ketones is 1. The third kappa shape index (κ3) is 3.47. The molecule has 0 bridgehead atoms. The van der Waals surface area contributed by atoms with Gasteiger partial charge in [-0.15, -0.1) is 11.3 Å². The van der Waals surface area contributed by atoms with Crippen molar-refractivity contribution in [3.63, 3.8) is 0 Å². The minimum absolute atomic E-state index is 0.152. The van der Waals surface area contributed by atoms with E-state index in [1.807, 2.05) is 11.4 Å². The first-order valence-electron chi connectivity index (χ1n) is 7.48. The van der Waals surface area contributed by atoms with E-state index in [1.54, 1.807) is 11.3 Å². The highest BCUT2D eigenvalue weighted by molar-refractivity contribution is 7.17. The van der Waals surface area contributed by atoms with E-state index < -0.39 is 0 Å². The fraction of sp³-hybridized carbons (Fsp3) is 0.438. The van der Waals surface area contributed by atoms with Crippen molar-refractivity contribution in [3.05, 3.63) is 29.4 Å². The summed E-state index contributed by atoms with van der Waals surface area (Å²) >= 11 is 7.61. The van der Waals surface area contributed by atoms with Crippen LogP contribution in [0.5, 0.6) is 0 Å². The molecule has 22 heavy (non-hydrogen) atoms. The van der Waals surface area contributed by atoms with Crippen molar-refractivity contribution in [3.8, 4) is 0 Å². The fourth-order valence-electron chi connectivity index (χ4n) is 3.01. The van der Waals surface area contributed by atoms with Crippen molar-refractivity contribution >= 4 is 44.8 Å². The van der Waals surface area contributed by atoms with Crippen LogP contribution in [0.1, 0.15) is 32.1 Å². The Morgan fingerprint density at radius 3 is 2.91 bits per heavy atom. The van der Waals surface area contributed by atoms with Crippen LogP contribution in [-0.4, -0.2) is 21.8 Å². The number of halogens is 1. The van der Waals surface area contributed by atoms with Crippen LogP contribution in [0, 0.1) is 5.92 Å². The minimum Gasteiger partial charge on any atom is -0.366 e. The summed E-state index contributed by atoms with van der Waals surface area (Å²) in [4.78, 5) is 20.0. The smallest absolute Gasteiger partial charge is 0.224 e. The standard InChI is InChI=1S/C16H18ClN3OS/c1-2-12(21)9-10-3-5-11(6-4-10)18-15-14-13(7-8-22-14)19-16(17)20-15/h2,7-8,10-11H,1,3-6,9H2,(H,18,19,20). The molecule has 4 nitrogen and oxygen atoms in total. The number of nitrogens with zero attached hydrogens (tertiary/aromatic N) is 2. The van der Waals surface area contributed by atoms with Crippen LogP contribution in [0.15, 0.2) is 24.1 Å². The summed E-state index contributed by atoms with van der Waals surface area (Å²) in [6, 6.07) is 2.34. The molecule has 2 aromatic rings. The number of hydrogen-bond donors (Lipinski definition) is 1. The average Bonchev–Trinajstić information content (AvgIpc) is 2.97. The highest BCUT2D eigenvalue weighted by Gasteiger charge is 2.23. The topological polar surface area (TPSA) is 54.9 Å². The van der Waals surface area contributed by atoms with Crippen molar-refractivity contribution in [2.24, 2.45) is 5.92 Å². The Labute approximate surface area is 138 Å². The van der Waals surface area contributed by atoms with Gasteiger partial charge in [-0.25, -0.2) is 4.98 Å². The molecule has 116 valence electrons. The third-order valence-electron chi connectivity index (χ3n) is 4.18. The van der Waals surface area contributed by atoms with Gasteiger partial charge in [0.15, 0.2) is 5.78 Å². The first-order valence-corrected chi connectivity index (χ1v) is 8.74. The first kappa shape index (κ1) is 15.4. The normalized spacial score (nSPS) is 21.7. The Morgan fingerprint density at radius 2 is 2.18 bits per heavy atom. The van der Waals surface area contributed by atoms with Crippen molar-refractivity contribution in [1.29, 1.82) is 0 Å². The van der Waals surface area contributed by atoms with E-state index in [4.69, 9.17) is 11.6 Å². The zero-order chi connectivity index (χ0) is 15.5. The summed E-state index contributed by atoms with van der Waals surface area (Å²) in [6.07, 6.45) is 6.27. The molecule has 0 aromatic carbocycles. The van der Waals surface area contributed by atoms with Crippen LogP contribution in [-0.2, 0) is 4.79 Å². The number of allylic oxidation sites excluding steroid dienone is 1. The second-order valence-corrected chi connectivity index (χ2v) is 6.97. The maximum absolute atomic E-state index is 11.4. The van der Waals surface area contributed by atoms with Crippen LogP contribution in [0.3, 0.4) is 0 Å². The number of carbonyl (C=O) groups is 1. The molecule has 2 heterocycles. The van der Waals surface area contributed by atoms with Gasteiger partial charge in [0, 0.05) is 12.5 Å². The van der Waals surface area contributed by atoms with Crippen LogP contribution in [0.4, 0.5) is 5.82 Å². The highest BCUT2D eigenvalue weighted by atomic mass is 35.5. The van der Waals surface area contributed by atoms with Gasteiger partial charge in [-0.3, -0.25) is 4.79 Å². The molecule has 0 radical (unpaired) electrons. The summed E-state index contributed by atoms with van der Waals surface area (Å²) in [5, 5.41) is 5.78. The lowest BCUT2D eigenvalue weighted by Crippen LogP contribution is -2.27. The molecule has 0 amide bonds. The zero-order valence-corrected chi connectivity index (χ0v) is 13.8. The molecule has 0 spiro atoms. The highest BCUT2D eigenvalue weighted by Crippen LogP contribution is 2.32. The molecular weight excluding hydrogens is 318 g/mol.